The Kier molecular flexibility index (Phi) is 15.7. The number of aliphatic hydroxyl groups is 3. The van der Waals surface area contributed by atoms with Gasteiger partial charge in [0.15, 0.2) is 0 Å². The maximum Gasteiger partial charge on any atom is 0.0846 e. The minimum atomic E-state index is -0.794. The molecule has 3 nitrogen and oxygen atoms in total. The van der Waals surface area contributed by atoms with Crippen molar-refractivity contribution in [3.05, 3.63) is 0 Å². The van der Waals surface area contributed by atoms with Crippen molar-refractivity contribution in [1.82, 2.24) is 0 Å². The first-order valence-electron chi connectivity index (χ1n) is 9.60. The fourth-order valence-corrected chi connectivity index (χ4v) is 2.85. The van der Waals surface area contributed by atoms with E-state index in [1.807, 2.05) is 0 Å². The number of unbranched alkanes of at least 4 members (excludes halogenated alkanes) is 11. The van der Waals surface area contributed by atoms with E-state index in [4.69, 9.17) is 5.11 Å². The SMILES string of the molecule is CCCCCCCCCCCCCC[C@@H](O)[C@@H](O)[C@@H](C)CO. The normalized spacial score (nSPS) is 15.7. The van der Waals surface area contributed by atoms with Crippen LogP contribution in [0.5, 0.6) is 0 Å². The minimum Gasteiger partial charge on any atom is -0.396 e. The van der Waals surface area contributed by atoms with Crippen LogP contribution < -0.4 is 0 Å². The lowest BCUT2D eigenvalue weighted by atomic mass is 9.96. The Labute approximate surface area is 138 Å². The Hall–Kier alpha value is -0.120. The van der Waals surface area contributed by atoms with Crippen molar-refractivity contribution >= 4 is 0 Å². The molecule has 0 spiro atoms. The van der Waals surface area contributed by atoms with Crippen molar-refractivity contribution in [3.63, 3.8) is 0 Å². The third-order valence-electron chi connectivity index (χ3n) is 4.62. The minimum absolute atomic E-state index is 0.0727. The second kappa shape index (κ2) is 15.8. The standard InChI is InChI=1S/C19H40O3/c1-3-4-5-6-7-8-9-10-11-12-13-14-15-18(21)19(22)17(2)16-20/h17-22H,3-16H2,1-2H3/t17-,18+,19-/m0/s1. The van der Waals surface area contributed by atoms with Gasteiger partial charge in [0.25, 0.3) is 0 Å². The summed E-state index contributed by atoms with van der Waals surface area (Å²) in [5.41, 5.74) is 0. The van der Waals surface area contributed by atoms with Crippen LogP contribution in [-0.2, 0) is 0 Å². The molecule has 0 saturated carbocycles. The van der Waals surface area contributed by atoms with Gasteiger partial charge in [-0.1, -0.05) is 90.9 Å². The molecular formula is C19H40O3. The van der Waals surface area contributed by atoms with Crippen molar-refractivity contribution in [2.24, 2.45) is 5.92 Å². The highest BCUT2D eigenvalue weighted by molar-refractivity contribution is 4.72. The summed E-state index contributed by atoms with van der Waals surface area (Å²) >= 11 is 0. The van der Waals surface area contributed by atoms with E-state index in [0.29, 0.717) is 6.42 Å². The summed E-state index contributed by atoms with van der Waals surface area (Å²) in [6.07, 6.45) is 14.8. The fourth-order valence-electron chi connectivity index (χ4n) is 2.85. The Morgan fingerprint density at radius 2 is 1.09 bits per heavy atom. The molecule has 0 aromatic carbocycles. The lowest BCUT2D eigenvalue weighted by Crippen LogP contribution is -2.33. The Morgan fingerprint density at radius 3 is 1.50 bits per heavy atom. The van der Waals surface area contributed by atoms with Crippen LogP contribution in [0, 0.1) is 5.92 Å². The topological polar surface area (TPSA) is 60.7 Å². The molecule has 134 valence electrons. The van der Waals surface area contributed by atoms with Crippen molar-refractivity contribution in [1.29, 1.82) is 0 Å². The van der Waals surface area contributed by atoms with Crippen LogP contribution in [-0.4, -0.2) is 34.1 Å². The molecule has 0 saturated heterocycles. The molecule has 0 aliphatic rings. The largest absolute Gasteiger partial charge is 0.396 e. The first-order chi connectivity index (χ1) is 10.6. The molecule has 0 aromatic heterocycles. The van der Waals surface area contributed by atoms with Crippen LogP contribution in [0.4, 0.5) is 0 Å². The summed E-state index contributed by atoms with van der Waals surface area (Å²) in [6.45, 7) is 3.94. The van der Waals surface area contributed by atoms with Crippen molar-refractivity contribution in [2.75, 3.05) is 6.61 Å². The number of aliphatic hydroxyl groups excluding tert-OH is 3. The van der Waals surface area contributed by atoms with Crippen LogP contribution in [0.3, 0.4) is 0 Å². The Morgan fingerprint density at radius 1 is 0.682 bits per heavy atom. The molecule has 0 unspecified atom stereocenters. The van der Waals surface area contributed by atoms with Crippen molar-refractivity contribution in [3.8, 4) is 0 Å². The van der Waals surface area contributed by atoms with Gasteiger partial charge in [0.1, 0.15) is 0 Å². The van der Waals surface area contributed by atoms with E-state index >= 15 is 0 Å². The van der Waals surface area contributed by atoms with Crippen molar-refractivity contribution < 1.29 is 15.3 Å². The predicted molar refractivity (Wildman–Crippen MR) is 94.0 cm³/mol. The van der Waals surface area contributed by atoms with E-state index < -0.39 is 12.2 Å². The zero-order chi connectivity index (χ0) is 16.6. The molecule has 0 fully saturated rings. The van der Waals surface area contributed by atoms with Gasteiger partial charge in [0.05, 0.1) is 12.2 Å². The lowest BCUT2D eigenvalue weighted by molar-refractivity contribution is -0.0309. The molecule has 0 amide bonds. The third-order valence-corrected chi connectivity index (χ3v) is 4.62. The average molecular weight is 317 g/mol. The van der Waals surface area contributed by atoms with Crippen molar-refractivity contribution in [2.45, 2.75) is 110 Å². The summed E-state index contributed by atoms with van der Waals surface area (Å²) in [6, 6.07) is 0. The maximum absolute atomic E-state index is 9.82. The molecule has 0 rings (SSSR count). The number of rotatable bonds is 16. The Balaban J connectivity index is 3.26. The van der Waals surface area contributed by atoms with E-state index in [1.165, 1.54) is 64.2 Å². The summed E-state index contributed by atoms with van der Waals surface area (Å²) < 4.78 is 0. The lowest BCUT2D eigenvalue weighted by Gasteiger charge is -2.22. The van der Waals surface area contributed by atoms with E-state index in [9.17, 15) is 10.2 Å². The molecule has 0 bridgehead atoms. The van der Waals surface area contributed by atoms with Gasteiger partial charge in [-0.2, -0.15) is 0 Å². The average Bonchev–Trinajstić information content (AvgIpc) is 2.54. The second-order valence-electron chi connectivity index (χ2n) is 6.90. The predicted octanol–water partition coefficient (Wildman–Crippen LogP) is 4.43. The summed E-state index contributed by atoms with van der Waals surface area (Å²) in [7, 11) is 0. The molecular weight excluding hydrogens is 276 g/mol. The highest BCUT2D eigenvalue weighted by Crippen LogP contribution is 2.15. The molecule has 0 aliphatic heterocycles. The summed E-state index contributed by atoms with van der Waals surface area (Å²) in [5.74, 6) is -0.243. The van der Waals surface area contributed by atoms with Crippen LogP contribution in [0.1, 0.15) is 97.3 Å². The Bertz CT molecular complexity index is 221. The van der Waals surface area contributed by atoms with E-state index in [-0.39, 0.29) is 12.5 Å². The molecule has 3 heteroatoms. The first-order valence-corrected chi connectivity index (χ1v) is 9.60. The molecule has 0 aliphatic carbocycles. The smallest absolute Gasteiger partial charge is 0.0846 e. The zero-order valence-electron chi connectivity index (χ0n) is 15.0. The highest BCUT2D eigenvalue weighted by atomic mass is 16.3. The monoisotopic (exact) mass is 316 g/mol. The third kappa shape index (κ3) is 12.4. The van der Waals surface area contributed by atoms with Crippen LogP contribution in [0.2, 0.25) is 0 Å². The number of hydrogen-bond donors (Lipinski definition) is 3. The molecule has 3 atom stereocenters. The highest BCUT2D eigenvalue weighted by Gasteiger charge is 2.21. The van der Waals surface area contributed by atoms with Gasteiger partial charge < -0.3 is 15.3 Å². The van der Waals surface area contributed by atoms with Gasteiger partial charge in [-0.3, -0.25) is 0 Å². The van der Waals surface area contributed by atoms with Crippen LogP contribution >= 0.6 is 0 Å². The molecule has 3 N–H and O–H groups in total. The van der Waals surface area contributed by atoms with E-state index in [1.54, 1.807) is 6.92 Å². The summed E-state index contributed by atoms with van der Waals surface area (Å²) in [5, 5.41) is 28.5. The quantitative estimate of drug-likeness (QED) is 0.369. The fraction of sp³-hybridized carbons (Fsp3) is 1.00. The molecule has 0 heterocycles. The maximum atomic E-state index is 9.82. The van der Waals surface area contributed by atoms with Gasteiger partial charge in [0, 0.05) is 12.5 Å². The molecule has 0 radical (unpaired) electrons. The molecule has 0 aromatic rings. The number of hydrogen-bond acceptors (Lipinski definition) is 3. The van der Waals surface area contributed by atoms with Gasteiger partial charge in [-0.25, -0.2) is 0 Å². The zero-order valence-corrected chi connectivity index (χ0v) is 15.0. The van der Waals surface area contributed by atoms with Gasteiger partial charge in [-0.15, -0.1) is 0 Å². The van der Waals surface area contributed by atoms with Gasteiger partial charge in [-0.05, 0) is 6.42 Å². The van der Waals surface area contributed by atoms with E-state index in [0.717, 1.165) is 12.8 Å². The van der Waals surface area contributed by atoms with Gasteiger partial charge in [0.2, 0.25) is 0 Å². The van der Waals surface area contributed by atoms with Gasteiger partial charge >= 0.3 is 0 Å². The van der Waals surface area contributed by atoms with E-state index in [2.05, 4.69) is 6.92 Å². The first kappa shape index (κ1) is 21.9. The second-order valence-corrected chi connectivity index (χ2v) is 6.90. The summed E-state index contributed by atoms with van der Waals surface area (Å²) in [4.78, 5) is 0. The van der Waals surface area contributed by atoms with Crippen LogP contribution in [0.15, 0.2) is 0 Å². The molecule has 22 heavy (non-hydrogen) atoms. The van der Waals surface area contributed by atoms with Crippen LogP contribution in [0.25, 0.3) is 0 Å².